The molecule has 8 heteroatoms. The number of pyridine rings is 1. The predicted octanol–water partition coefficient (Wildman–Crippen LogP) is 2.53. The molecular weight excluding hydrogens is 350 g/mol. The molecule has 1 aromatic heterocycles. The molecule has 0 saturated carbocycles. The maximum absolute atomic E-state index is 12.0. The van der Waals surface area contributed by atoms with Gasteiger partial charge in [0.05, 0.1) is 29.2 Å². The fourth-order valence-corrected chi connectivity index (χ4v) is 3.01. The van der Waals surface area contributed by atoms with Gasteiger partial charge in [0.2, 0.25) is 15.9 Å². The molecule has 0 unspecified atom stereocenters. The van der Waals surface area contributed by atoms with Crippen LogP contribution < -0.4 is 5.32 Å². The molecule has 1 heterocycles. The Morgan fingerprint density at radius 3 is 2.54 bits per heavy atom. The number of aromatic nitrogens is 1. The summed E-state index contributed by atoms with van der Waals surface area (Å²) in [5.41, 5.74) is 1.12. The van der Waals surface area contributed by atoms with Gasteiger partial charge in [0.15, 0.2) is 0 Å². The highest BCUT2D eigenvalue weighted by molar-refractivity contribution is 7.88. The Bertz CT molecular complexity index is 797. The van der Waals surface area contributed by atoms with Gasteiger partial charge in [0, 0.05) is 19.2 Å². The van der Waals surface area contributed by atoms with Gasteiger partial charge >= 0.3 is 0 Å². The first-order chi connectivity index (χ1) is 11.4. The zero-order chi connectivity index (χ0) is 17.6. The summed E-state index contributed by atoms with van der Waals surface area (Å²) >= 11 is 5.98. The highest BCUT2D eigenvalue weighted by Gasteiger charge is 2.19. The van der Waals surface area contributed by atoms with Crippen molar-refractivity contribution in [2.24, 2.45) is 0 Å². The summed E-state index contributed by atoms with van der Waals surface area (Å²) in [5, 5.41) is 3.10. The first-order valence-corrected chi connectivity index (χ1v) is 9.48. The minimum atomic E-state index is -3.45. The summed E-state index contributed by atoms with van der Waals surface area (Å²) in [6.07, 6.45) is 2.73. The number of amides is 1. The Kier molecular flexibility index (Phi) is 6.30. The molecular formula is C16H18ClN3O3S. The van der Waals surface area contributed by atoms with Crippen LogP contribution in [0.15, 0.2) is 48.7 Å². The average molecular weight is 368 g/mol. The standard InChI is InChI=1S/C16H18ClN3O3S/c1-24(22,23)20(12-13-6-4-5-10-18-13)11-9-16(21)19-15-8-3-2-7-14(15)17/h2-8,10H,9,11-12H2,1H3,(H,19,21). The molecule has 128 valence electrons. The first kappa shape index (κ1) is 18.4. The van der Waals surface area contributed by atoms with Crippen molar-refractivity contribution in [2.45, 2.75) is 13.0 Å². The summed E-state index contributed by atoms with van der Waals surface area (Å²) in [7, 11) is -3.45. The van der Waals surface area contributed by atoms with Crippen LogP contribution in [-0.4, -0.2) is 36.4 Å². The maximum atomic E-state index is 12.0. The molecule has 2 rings (SSSR count). The van der Waals surface area contributed by atoms with Crippen LogP contribution in [0.5, 0.6) is 0 Å². The Morgan fingerprint density at radius 1 is 1.21 bits per heavy atom. The van der Waals surface area contributed by atoms with E-state index in [9.17, 15) is 13.2 Å². The quantitative estimate of drug-likeness (QED) is 0.815. The number of carbonyl (C=O) groups excluding carboxylic acids is 1. The second kappa shape index (κ2) is 8.23. The van der Waals surface area contributed by atoms with E-state index in [1.807, 2.05) is 0 Å². The van der Waals surface area contributed by atoms with Crippen LogP contribution in [0.4, 0.5) is 5.69 Å². The van der Waals surface area contributed by atoms with Crippen LogP contribution in [0, 0.1) is 0 Å². The van der Waals surface area contributed by atoms with Crippen LogP contribution in [0.25, 0.3) is 0 Å². The van der Waals surface area contributed by atoms with Crippen molar-refractivity contribution in [3.63, 3.8) is 0 Å². The van der Waals surface area contributed by atoms with Crippen molar-refractivity contribution in [2.75, 3.05) is 18.1 Å². The summed E-state index contributed by atoms with van der Waals surface area (Å²) < 4.78 is 25.0. The lowest BCUT2D eigenvalue weighted by atomic mass is 10.3. The van der Waals surface area contributed by atoms with E-state index in [0.29, 0.717) is 16.4 Å². The summed E-state index contributed by atoms with van der Waals surface area (Å²) in [6.45, 7) is 0.185. The first-order valence-electron chi connectivity index (χ1n) is 7.25. The third kappa shape index (κ3) is 5.59. The zero-order valence-electron chi connectivity index (χ0n) is 13.1. The van der Waals surface area contributed by atoms with Gasteiger partial charge in [-0.3, -0.25) is 9.78 Å². The van der Waals surface area contributed by atoms with E-state index in [4.69, 9.17) is 11.6 Å². The van der Waals surface area contributed by atoms with Crippen LogP contribution in [0.2, 0.25) is 5.02 Å². The predicted molar refractivity (Wildman–Crippen MR) is 94.2 cm³/mol. The monoisotopic (exact) mass is 367 g/mol. The second-order valence-electron chi connectivity index (χ2n) is 5.20. The molecule has 0 aliphatic carbocycles. The molecule has 0 aliphatic heterocycles. The minimum Gasteiger partial charge on any atom is -0.325 e. The largest absolute Gasteiger partial charge is 0.325 e. The lowest BCUT2D eigenvalue weighted by Crippen LogP contribution is -2.32. The van der Waals surface area contributed by atoms with Crippen molar-refractivity contribution in [1.82, 2.24) is 9.29 Å². The number of rotatable bonds is 7. The Morgan fingerprint density at radius 2 is 1.92 bits per heavy atom. The van der Waals surface area contributed by atoms with Gasteiger partial charge in [-0.15, -0.1) is 0 Å². The molecule has 1 N–H and O–H groups in total. The van der Waals surface area contributed by atoms with Crippen molar-refractivity contribution in [3.05, 3.63) is 59.4 Å². The molecule has 0 bridgehead atoms. The van der Waals surface area contributed by atoms with E-state index >= 15 is 0 Å². The summed E-state index contributed by atoms with van der Waals surface area (Å²) in [5.74, 6) is -0.308. The molecule has 0 saturated heterocycles. The number of hydrogen-bond acceptors (Lipinski definition) is 4. The van der Waals surface area contributed by atoms with Gasteiger partial charge in [0.25, 0.3) is 0 Å². The molecule has 0 fully saturated rings. The fraction of sp³-hybridized carbons (Fsp3) is 0.250. The van der Waals surface area contributed by atoms with Crippen LogP contribution in [0.3, 0.4) is 0 Å². The number of para-hydroxylation sites is 1. The van der Waals surface area contributed by atoms with E-state index in [1.54, 1.807) is 48.7 Å². The Balaban J connectivity index is 1.98. The molecule has 6 nitrogen and oxygen atoms in total. The van der Waals surface area contributed by atoms with Crippen molar-refractivity contribution >= 4 is 33.2 Å². The lowest BCUT2D eigenvalue weighted by molar-refractivity contribution is -0.116. The van der Waals surface area contributed by atoms with Crippen molar-refractivity contribution in [1.29, 1.82) is 0 Å². The van der Waals surface area contributed by atoms with Gasteiger partial charge in [0.1, 0.15) is 0 Å². The molecule has 1 amide bonds. The smallest absolute Gasteiger partial charge is 0.225 e. The number of hydrogen-bond donors (Lipinski definition) is 1. The molecule has 0 radical (unpaired) electrons. The third-order valence-electron chi connectivity index (χ3n) is 3.27. The minimum absolute atomic E-state index is 0.0190. The summed E-state index contributed by atoms with van der Waals surface area (Å²) in [6, 6.07) is 12.1. The highest BCUT2D eigenvalue weighted by Crippen LogP contribution is 2.20. The van der Waals surface area contributed by atoms with Gasteiger partial charge in [-0.05, 0) is 24.3 Å². The molecule has 0 spiro atoms. The maximum Gasteiger partial charge on any atom is 0.225 e. The topological polar surface area (TPSA) is 79.4 Å². The average Bonchev–Trinajstić information content (AvgIpc) is 2.53. The normalized spacial score (nSPS) is 11.5. The van der Waals surface area contributed by atoms with Gasteiger partial charge in [-0.2, -0.15) is 4.31 Å². The number of nitrogens with one attached hydrogen (secondary N) is 1. The van der Waals surface area contributed by atoms with Crippen LogP contribution in [-0.2, 0) is 21.4 Å². The molecule has 24 heavy (non-hydrogen) atoms. The Labute approximate surface area is 146 Å². The van der Waals surface area contributed by atoms with Gasteiger partial charge in [-0.1, -0.05) is 29.8 Å². The number of halogens is 1. The molecule has 0 aliphatic rings. The van der Waals surface area contributed by atoms with Crippen LogP contribution in [0.1, 0.15) is 12.1 Å². The van der Waals surface area contributed by atoms with E-state index in [1.165, 1.54) is 4.31 Å². The van der Waals surface area contributed by atoms with Crippen LogP contribution >= 0.6 is 11.6 Å². The van der Waals surface area contributed by atoms with Crippen molar-refractivity contribution in [3.8, 4) is 0 Å². The second-order valence-corrected chi connectivity index (χ2v) is 7.59. The Hall–Kier alpha value is -1.96. The lowest BCUT2D eigenvalue weighted by Gasteiger charge is -2.19. The fourth-order valence-electron chi connectivity index (χ4n) is 2.04. The SMILES string of the molecule is CS(=O)(=O)N(CCC(=O)Nc1ccccc1Cl)Cc1ccccn1. The van der Waals surface area contributed by atoms with Crippen molar-refractivity contribution < 1.29 is 13.2 Å². The number of anilines is 1. The van der Waals surface area contributed by atoms with E-state index in [2.05, 4.69) is 10.3 Å². The zero-order valence-corrected chi connectivity index (χ0v) is 14.7. The number of carbonyl (C=O) groups is 1. The number of nitrogens with zero attached hydrogens (tertiary/aromatic N) is 2. The highest BCUT2D eigenvalue weighted by atomic mass is 35.5. The van der Waals surface area contributed by atoms with E-state index in [-0.39, 0.29) is 25.4 Å². The van der Waals surface area contributed by atoms with Gasteiger partial charge in [-0.25, -0.2) is 8.42 Å². The van der Waals surface area contributed by atoms with E-state index < -0.39 is 10.0 Å². The molecule has 0 atom stereocenters. The molecule has 1 aromatic carbocycles. The number of benzene rings is 1. The third-order valence-corrected chi connectivity index (χ3v) is 4.85. The number of sulfonamides is 1. The van der Waals surface area contributed by atoms with E-state index in [0.717, 1.165) is 6.26 Å². The molecule has 2 aromatic rings. The van der Waals surface area contributed by atoms with Gasteiger partial charge < -0.3 is 5.32 Å². The summed E-state index contributed by atoms with van der Waals surface area (Å²) in [4.78, 5) is 16.2.